The van der Waals surface area contributed by atoms with Crippen molar-refractivity contribution in [1.29, 1.82) is 0 Å². The monoisotopic (exact) mass is 290 g/mol. The lowest BCUT2D eigenvalue weighted by Crippen LogP contribution is -2.36. The molecular weight excluding hydrogens is 270 g/mol. The normalized spacial score (nSPS) is 33.0. The number of hydrogen-bond acceptors (Lipinski definition) is 5. The molecule has 2 N–H and O–H groups in total. The fourth-order valence-electron chi connectivity index (χ4n) is 2.26. The first-order valence-corrected chi connectivity index (χ1v) is 6.15. The minimum absolute atomic E-state index is 0.105. The van der Waals surface area contributed by atoms with E-state index in [0.29, 0.717) is 4.57 Å². The highest BCUT2D eigenvalue weighted by Crippen LogP contribution is 2.24. The molecule has 3 unspecified atom stereocenters. The fourth-order valence-corrected chi connectivity index (χ4v) is 2.26. The van der Waals surface area contributed by atoms with E-state index in [1.165, 1.54) is 12.1 Å². The molecule has 0 bridgehead atoms. The number of ketones is 2. The van der Waals surface area contributed by atoms with Crippen LogP contribution in [0.4, 0.5) is 5.69 Å². The SMILES string of the molecule is [2H]Cc1nc2ccc([2H])c(N)c2c(=O)n1C1([2H])C(=O)CC(=O)C([2H])C1[2H]. The van der Waals surface area contributed by atoms with E-state index in [1.807, 2.05) is 0 Å². The lowest BCUT2D eigenvalue weighted by atomic mass is 9.92. The van der Waals surface area contributed by atoms with Crippen LogP contribution < -0.4 is 11.3 Å². The standard InChI is InChI=1S/C15H15N3O3/c1-8-17-11-4-2-3-10(16)14(11)15(21)18(8)12-6-5-9(19)7-13(12)20/h2-4,12H,5-7,16H2,1H3/i1D,3D,5D,6D,12D. The molecule has 1 aromatic carbocycles. The van der Waals surface area contributed by atoms with Crippen LogP contribution in [-0.4, -0.2) is 21.1 Å². The van der Waals surface area contributed by atoms with E-state index in [9.17, 15) is 14.4 Å². The molecule has 0 spiro atoms. The van der Waals surface area contributed by atoms with Gasteiger partial charge in [-0.25, -0.2) is 4.98 Å². The minimum atomic E-state index is -2.57. The Morgan fingerprint density at radius 2 is 2.38 bits per heavy atom. The van der Waals surface area contributed by atoms with Crippen LogP contribution in [0.15, 0.2) is 23.0 Å². The summed E-state index contributed by atoms with van der Waals surface area (Å²) in [6, 6.07) is -0.0189. The van der Waals surface area contributed by atoms with Gasteiger partial charge in [0, 0.05) is 16.2 Å². The molecule has 3 rings (SSSR count). The first-order valence-electron chi connectivity index (χ1n) is 9.01. The van der Waals surface area contributed by atoms with Gasteiger partial charge in [0.1, 0.15) is 11.6 Å². The van der Waals surface area contributed by atoms with Crippen molar-refractivity contribution in [2.45, 2.75) is 32.1 Å². The molecule has 21 heavy (non-hydrogen) atoms. The summed E-state index contributed by atoms with van der Waals surface area (Å²) < 4.78 is 40.3. The number of Topliss-reactive ketones (excluding diaryl/α,β-unsaturated/α-hetero) is 2. The number of nitrogen functional groups attached to an aromatic ring is 1. The van der Waals surface area contributed by atoms with Gasteiger partial charge in [-0.15, -0.1) is 0 Å². The van der Waals surface area contributed by atoms with E-state index in [-0.39, 0.29) is 28.5 Å². The predicted octanol–water partition coefficient (Wildman–Crippen LogP) is 1.15. The predicted molar refractivity (Wildman–Crippen MR) is 78.1 cm³/mol. The van der Waals surface area contributed by atoms with Crippen LogP contribution in [-0.2, 0) is 9.59 Å². The van der Waals surface area contributed by atoms with Crippen molar-refractivity contribution >= 4 is 28.2 Å². The van der Waals surface area contributed by atoms with E-state index >= 15 is 0 Å². The maximum absolute atomic E-state index is 13.0. The van der Waals surface area contributed by atoms with Crippen LogP contribution in [0.5, 0.6) is 0 Å². The van der Waals surface area contributed by atoms with Crippen LogP contribution in [0.3, 0.4) is 0 Å². The number of rotatable bonds is 1. The van der Waals surface area contributed by atoms with Crippen molar-refractivity contribution in [1.82, 2.24) is 9.55 Å². The number of anilines is 1. The van der Waals surface area contributed by atoms with Crippen molar-refractivity contribution in [2.75, 3.05) is 5.73 Å². The second kappa shape index (κ2) is 4.80. The first kappa shape index (κ1) is 8.71. The van der Waals surface area contributed by atoms with Gasteiger partial charge in [-0.05, 0) is 25.4 Å². The zero-order valence-electron chi connectivity index (χ0n) is 15.9. The second-order valence-corrected chi connectivity index (χ2v) is 4.61. The van der Waals surface area contributed by atoms with Gasteiger partial charge in [0.05, 0.1) is 26.1 Å². The molecule has 108 valence electrons. The smallest absolute Gasteiger partial charge is 0.264 e. The molecular formula is C15H15N3O3. The minimum Gasteiger partial charge on any atom is -0.398 e. The van der Waals surface area contributed by atoms with Crippen molar-refractivity contribution in [2.24, 2.45) is 0 Å². The molecule has 0 saturated heterocycles. The molecule has 0 radical (unpaired) electrons. The third-order valence-electron chi connectivity index (χ3n) is 3.22. The van der Waals surface area contributed by atoms with Crippen LogP contribution in [0.1, 0.15) is 37.9 Å². The Kier molecular flexibility index (Phi) is 1.99. The van der Waals surface area contributed by atoms with E-state index in [2.05, 4.69) is 4.98 Å². The molecule has 0 amide bonds. The zero-order valence-corrected chi connectivity index (χ0v) is 10.9. The third-order valence-corrected chi connectivity index (χ3v) is 3.22. The van der Waals surface area contributed by atoms with Crippen molar-refractivity contribution in [3.63, 3.8) is 0 Å². The molecule has 6 heteroatoms. The highest BCUT2D eigenvalue weighted by molar-refractivity contribution is 6.03. The van der Waals surface area contributed by atoms with Gasteiger partial charge in [-0.1, -0.05) is 6.07 Å². The van der Waals surface area contributed by atoms with Crippen molar-refractivity contribution < 1.29 is 16.4 Å². The third kappa shape index (κ3) is 2.12. The average molecular weight is 290 g/mol. The number of benzene rings is 1. The molecule has 1 heterocycles. The Bertz CT molecular complexity index is 1010. The number of aromatic nitrogens is 2. The highest BCUT2D eigenvalue weighted by Gasteiger charge is 2.30. The molecule has 0 aliphatic heterocycles. The van der Waals surface area contributed by atoms with Crippen LogP contribution in [0.25, 0.3) is 10.9 Å². The first-order chi connectivity index (χ1) is 12.1. The number of fused-ring (bicyclic) bond motifs is 1. The molecule has 1 aromatic heterocycles. The maximum Gasteiger partial charge on any atom is 0.264 e. The topological polar surface area (TPSA) is 95.0 Å². The molecule has 1 fully saturated rings. The van der Waals surface area contributed by atoms with Gasteiger partial charge in [0.25, 0.3) is 5.56 Å². The van der Waals surface area contributed by atoms with Gasteiger partial charge < -0.3 is 5.73 Å². The molecule has 6 nitrogen and oxygen atoms in total. The lowest BCUT2D eigenvalue weighted by Gasteiger charge is -2.24. The summed E-state index contributed by atoms with van der Waals surface area (Å²) in [5, 5.41) is -0.195. The van der Waals surface area contributed by atoms with E-state index < -0.39 is 49.3 Å². The van der Waals surface area contributed by atoms with Gasteiger partial charge in [-0.3, -0.25) is 19.0 Å². The molecule has 1 aliphatic carbocycles. The fraction of sp³-hybridized carbons (Fsp3) is 0.333. The summed E-state index contributed by atoms with van der Waals surface area (Å²) in [6.45, 7) is -0.565. The van der Waals surface area contributed by atoms with E-state index in [0.717, 1.165) is 0 Å². The van der Waals surface area contributed by atoms with Crippen molar-refractivity contribution in [3.05, 3.63) is 34.4 Å². The Morgan fingerprint density at radius 1 is 1.57 bits per heavy atom. The summed E-state index contributed by atoms with van der Waals surface area (Å²) in [4.78, 5) is 41.3. The summed E-state index contributed by atoms with van der Waals surface area (Å²) in [7, 11) is 0. The summed E-state index contributed by atoms with van der Waals surface area (Å²) in [5.41, 5.74) is 4.77. The summed E-state index contributed by atoms with van der Waals surface area (Å²) in [5.74, 6) is -2.05. The second-order valence-electron chi connectivity index (χ2n) is 4.61. The largest absolute Gasteiger partial charge is 0.398 e. The molecule has 1 aliphatic rings. The molecule has 3 atom stereocenters. The Balaban J connectivity index is 2.42. The Labute approximate surface area is 127 Å². The average Bonchev–Trinajstić information content (AvgIpc) is 2.61. The number of nitrogens with zero attached hydrogens (tertiary/aromatic N) is 2. The van der Waals surface area contributed by atoms with Gasteiger partial charge in [0.15, 0.2) is 5.78 Å². The number of aryl methyl sites for hydroxylation is 1. The van der Waals surface area contributed by atoms with Crippen LogP contribution in [0.2, 0.25) is 0 Å². The molecule has 2 aromatic rings. The number of nitrogens with two attached hydrogens (primary N) is 1. The van der Waals surface area contributed by atoms with Crippen LogP contribution in [0, 0.1) is 6.90 Å². The number of carbonyl (C=O) groups is 2. The van der Waals surface area contributed by atoms with Gasteiger partial charge in [-0.2, -0.15) is 0 Å². The van der Waals surface area contributed by atoms with Gasteiger partial charge in [0.2, 0.25) is 0 Å². The van der Waals surface area contributed by atoms with Crippen LogP contribution >= 0.6 is 0 Å². The Hall–Kier alpha value is -2.50. The van der Waals surface area contributed by atoms with E-state index in [1.54, 1.807) is 0 Å². The maximum atomic E-state index is 13.0. The lowest BCUT2D eigenvalue weighted by molar-refractivity contribution is -0.132. The number of hydrogen-bond donors (Lipinski definition) is 1. The van der Waals surface area contributed by atoms with E-state index in [4.69, 9.17) is 12.6 Å². The highest BCUT2D eigenvalue weighted by atomic mass is 16.2. The number of carbonyl (C=O) groups excluding carboxylic acids is 2. The molecule has 1 saturated carbocycles. The zero-order chi connectivity index (χ0) is 19.4. The van der Waals surface area contributed by atoms with Crippen molar-refractivity contribution in [3.8, 4) is 0 Å². The Morgan fingerprint density at radius 3 is 3.14 bits per heavy atom. The summed E-state index contributed by atoms with van der Waals surface area (Å²) in [6.07, 6.45) is -4.28. The summed E-state index contributed by atoms with van der Waals surface area (Å²) >= 11 is 0. The van der Waals surface area contributed by atoms with Gasteiger partial charge >= 0.3 is 0 Å². The quantitative estimate of drug-likeness (QED) is 0.628.